The predicted molar refractivity (Wildman–Crippen MR) is 124 cm³/mol. The Morgan fingerprint density at radius 3 is 2.38 bits per heavy atom. The molecule has 0 spiro atoms. The van der Waals surface area contributed by atoms with Gasteiger partial charge >= 0.3 is 0 Å². The van der Waals surface area contributed by atoms with Crippen LogP contribution in [0.25, 0.3) is 16.5 Å². The number of aromatic nitrogens is 1. The molecular formula is C26H27N3O3. The number of benzene rings is 2. The second-order valence-corrected chi connectivity index (χ2v) is 8.62. The lowest BCUT2D eigenvalue weighted by Crippen LogP contribution is -2.47. The molecule has 2 amide bonds. The van der Waals surface area contributed by atoms with E-state index in [9.17, 15) is 9.59 Å². The third-order valence-corrected chi connectivity index (χ3v) is 6.22. The van der Waals surface area contributed by atoms with Crippen LogP contribution in [0.15, 0.2) is 66.5 Å². The quantitative estimate of drug-likeness (QED) is 0.630. The molecule has 2 aliphatic rings. The van der Waals surface area contributed by atoms with E-state index in [2.05, 4.69) is 11.1 Å². The van der Waals surface area contributed by atoms with Crippen molar-refractivity contribution in [3.8, 4) is 0 Å². The molecule has 0 saturated carbocycles. The molecule has 0 bridgehead atoms. The van der Waals surface area contributed by atoms with Crippen LogP contribution in [-0.2, 0) is 20.7 Å². The van der Waals surface area contributed by atoms with E-state index in [1.54, 1.807) is 0 Å². The van der Waals surface area contributed by atoms with Gasteiger partial charge in [-0.25, -0.2) is 0 Å². The van der Waals surface area contributed by atoms with Gasteiger partial charge in [-0.1, -0.05) is 48.5 Å². The van der Waals surface area contributed by atoms with Gasteiger partial charge in [0, 0.05) is 36.7 Å². The lowest BCUT2D eigenvalue weighted by atomic mass is 10.0. The number of morpholine rings is 1. The first-order valence-electron chi connectivity index (χ1n) is 11.1. The van der Waals surface area contributed by atoms with E-state index in [1.807, 2.05) is 73.5 Å². The third kappa shape index (κ3) is 3.60. The van der Waals surface area contributed by atoms with Crippen molar-refractivity contribution in [3.63, 3.8) is 0 Å². The number of aromatic amines is 1. The summed E-state index contributed by atoms with van der Waals surface area (Å²) >= 11 is 0. The predicted octanol–water partition coefficient (Wildman–Crippen LogP) is 3.60. The zero-order valence-electron chi connectivity index (χ0n) is 18.4. The van der Waals surface area contributed by atoms with Gasteiger partial charge in [0.05, 0.1) is 17.8 Å². The largest absolute Gasteiger partial charge is 0.372 e. The van der Waals surface area contributed by atoms with Crippen LogP contribution in [0.1, 0.15) is 25.0 Å². The highest BCUT2D eigenvalue weighted by Gasteiger charge is 2.42. The van der Waals surface area contributed by atoms with Crippen molar-refractivity contribution in [1.82, 2.24) is 14.8 Å². The molecule has 2 aromatic carbocycles. The van der Waals surface area contributed by atoms with E-state index in [0.29, 0.717) is 37.3 Å². The van der Waals surface area contributed by atoms with Crippen molar-refractivity contribution in [3.05, 3.63) is 77.6 Å². The number of fused-ring (bicyclic) bond motifs is 1. The smallest absolute Gasteiger partial charge is 0.277 e. The average Bonchev–Trinajstić information content (AvgIpc) is 3.30. The van der Waals surface area contributed by atoms with Gasteiger partial charge in [0.2, 0.25) is 0 Å². The van der Waals surface area contributed by atoms with Crippen molar-refractivity contribution in [2.24, 2.45) is 0 Å². The molecular weight excluding hydrogens is 402 g/mol. The Balaban J connectivity index is 1.46. The van der Waals surface area contributed by atoms with Crippen LogP contribution < -0.4 is 0 Å². The number of H-pyrrole nitrogens is 1. The lowest BCUT2D eigenvalue weighted by molar-refractivity contribution is -0.138. The van der Waals surface area contributed by atoms with Gasteiger partial charge in [-0.15, -0.1) is 0 Å². The Bertz CT molecular complexity index is 1190. The first-order valence-corrected chi connectivity index (χ1v) is 11.1. The number of imide groups is 1. The Labute approximate surface area is 187 Å². The molecule has 0 radical (unpaired) electrons. The minimum Gasteiger partial charge on any atom is -0.372 e. The second kappa shape index (κ2) is 8.28. The first kappa shape index (κ1) is 20.5. The van der Waals surface area contributed by atoms with Crippen molar-refractivity contribution >= 4 is 28.3 Å². The molecule has 32 heavy (non-hydrogen) atoms. The normalized spacial score (nSPS) is 21.8. The van der Waals surface area contributed by atoms with E-state index < -0.39 is 0 Å². The summed E-state index contributed by atoms with van der Waals surface area (Å²) in [6, 6.07) is 17.6. The maximum Gasteiger partial charge on any atom is 0.277 e. The molecule has 1 N–H and O–H groups in total. The summed E-state index contributed by atoms with van der Waals surface area (Å²) in [5.41, 5.74) is 3.94. The highest BCUT2D eigenvalue weighted by molar-refractivity contribution is 6.35. The van der Waals surface area contributed by atoms with Crippen LogP contribution in [0.5, 0.6) is 0 Å². The molecule has 164 valence electrons. The Kier molecular flexibility index (Phi) is 5.31. The number of hydrogen-bond acceptors (Lipinski definition) is 4. The molecule has 6 heteroatoms. The number of hydrogen-bond donors (Lipinski definition) is 1. The molecule has 2 aliphatic heterocycles. The van der Waals surface area contributed by atoms with E-state index in [-0.39, 0.29) is 24.0 Å². The number of carbonyl (C=O) groups is 2. The summed E-state index contributed by atoms with van der Waals surface area (Å²) in [6.45, 7) is 5.52. The summed E-state index contributed by atoms with van der Waals surface area (Å²) in [5, 5.41) is 1.12. The number of carbonyl (C=O) groups excluding carboxylic acids is 2. The maximum atomic E-state index is 13.6. The molecule has 0 aliphatic carbocycles. The van der Waals surface area contributed by atoms with Crippen LogP contribution in [0.2, 0.25) is 0 Å². The van der Waals surface area contributed by atoms with Gasteiger partial charge in [-0.2, -0.15) is 0 Å². The van der Waals surface area contributed by atoms with E-state index in [4.69, 9.17) is 4.74 Å². The standard InChI is InChI=1S/C26H27N3O3/c1-17-15-28(16-18(2)32-17)24-23(19-8-4-3-5-9-19)25(30)29(26(24)31)13-12-20-14-27-22-11-7-6-10-21(20)22/h3-11,14,17-18,27H,12-13,15-16H2,1-2H3. The highest BCUT2D eigenvalue weighted by Crippen LogP contribution is 2.33. The minimum absolute atomic E-state index is 0.00792. The maximum absolute atomic E-state index is 13.6. The SMILES string of the molecule is CC1CN(C2=C(c3ccccc3)C(=O)N(CCc3c[nH]c4ccccc34)C2=O)CC(C)O1. The van der Waals surface area contributed by atoms with E-state index >= 15 is 0 Å². The van der Waals surface area contributed by atoms with Gasteiger partial charge in [0.1, 0.15) is 5.70 Å². The van der Waals surface area contributed by atoms with Crippen molar-refractivity contribution in [1.29, 1.82) is 0 Å². The highest BCUT2D eigenvalue weighted by atomic mass is 16.5. The summed E-state index contributed by atoms with van der Waals surface area (Å²) in [6.07, 6.45) is 2.55. The molecule has 1 aromatic heterocycles. The Morgan fingerprint density at radius 2 is 1.62 bits per heavy atom. The fourth-order valence-electron chi connectivity index (χ4n) is 4.86. The molecule has 2 atom stereocenters. The fourth-order valence-corrected chi connectivity index (χ4v) is 4.86. The van der Waals surface area contributed by atoms with Crippen LogP contribution >= 0.6 is 0 Å². The van der Waals surface area contributed by atoms with Crippen molar-refractivity contribution in [2.75, 3.05) is 19.6 Å². The van der Waals surface area contributed by atoms with Crippen LogP contribution in [0.3, 0.4) is 0 Å². The molecule has 1 fully saturated rings. The van der Waals surface area contributed by atoms with Crippen molar-refractivity contribution < 1.29 is 14.3 Å². The molecule has 3 aromatic rings. The van der Waals surface area contributed by atoms with Gasteiger partial charge in [-0.05, 0) is 37.5 Å². The number of ether oxygens (including phenoxy) is 1. The Morgan fingerprint density at radius 1 is 0.938 bits per heavy atom. The zero-order valence-corrected chi connectivity index (χ0v) is 18.4. The number of nitrogens with zero attached hydrogens (tertiary/aromatic N) is 2. The lowest BCUT2D eigenvalue weighted by Gasteiger charge is -2.37. The summed E-state index contributed by atoms with van der Waals surface area (Å²) in [5.74, 6) is -0.433. The summed E-state index contributed by atoms with van der Waals surface area (Å²) in [4.78, 5) is 33.8. The third-order valence-electron chi connectivity index (χ3n) is 6.22. The molecule has 2 unspecified atom stereocenters. The van der Waals surface area contributed by atoms with Gasteiger partial charge in [0.15, 0.2) is 0 Å². The van der Waals surface area contributed by atoms with Crippen LogP contribution in [-0.4, -0.2) is 58.4 Å². The van der Waals surface area contributed by atoms with Crippen molar-refractivity contribution in [2.45, 2.75) is 32.5 Å². The minimum atomic E-state index is -0.220. The number of rotatable bonds is 5. The fraction of sp³-hybridized carbons (Fsp3) is 0.308. The molecule has 5 rings (SSSR count). The van der Waals surface area contributed by atoms with E-state index in [0.717, 1.165) is 22.0 Å². The first-order chi connectivity index (χ1) is 15.5. The van der Waals surface area contributed by atoms with Gasteiger partial charge < -0.3 is 14.6 Å². The van der Waals surface area contributed by atoms with Gasteiger partial charge in [-0.3, -0.25) is 14.5 Å². The molecule has 6 nitrogen and oxygen atoms in total. The summed E-state index contributed by atoms with van der Waals surface area (Å²) in [7, 11) is 0. The number of nitrogens with one attached hydrogen (secondary N) is 1. The number of amides is 2. The molecule has 3 heterocycles. The average molecular weight is 430 g/mol. The van der Waals surface area contributed by atoms with Crippen LogP contribution in [0, 0.1) is 0 Å². The molecule has 1 saturated heterocycles. The summed E-state index contributed by atoms with van der Waals surface area (Å²) < 4.78 is 5.87. The Hall–Kier alpha value is -3.38. The monoisotopic (exact) mass is 429 g/mol. The topological polar surface area (TPSA) is 65.6 Å². The van der Waals surface area contributed by atoms with Crippen LogP contribution in [0.4, 0.5) is 0 Å². The van der Waals surface area contributed by atoms with Gasteiger partial charge in [0.25, 0.3) is 11.8 Å². The number of para-hydroxylation sites is 1. The zero-order chi connectivity index (χ0) is 22.2. The second-order valence-electron chi connectivity index (χ2n) is 8.62. The van der Waals surface area contributed by atoms with E-state index in [1.165, 1.54) is 4.90 Å².